The molecule has 2 saturated heterocycles. The van der Waals surface area contributed by atoms with Crippen molar-refractivity contribution in [3.8, 4) is 0 Å². The normalized spacial score (nSPS) is 34.7. The van der Waals surface area contributed by atoms with Crippen LogP contribution in [-0.4, -0.2) is 90.0 Å². The Kier molecular flexibility index (Phi) is 6.85. The van der Waals surface area contributed by atoms with Crippen LogP contribution in [-0.2, 0) is 4.74 Å². The molecule has 6 nitrogen and oxygen atoms in total. The summed E-state index contributed by atoms with van der Waals surface area (Å²) >= 11 is 0. The first-order chi connectivity index (χ1) is 14.5. The van der Waals surface area contributed by atoms with E-state index in [9.17, 15) is 9.90 Å². The highest BCUT2D eigenvalue weighted by Gasteiger charge is 2.51. The minimum Gasteiger partial charge on any atom is -0.450 e. The fraction of sp³-hybridized carbons (Fsp3) is 0.792. The molecule has 0 radical (unpaired) electrons. The Bertz CT molecular complexity index is 650. The second-order valence-corrected chi connectivity index (χ2v) is 9.78. The van der Waals surface area contributed by atoms with Crippen LogP contribution in [0.2, 0.25) is 0 Å². The van der Waals surface area contributed by atoms with E-state index in [1.54, 1.807) is 0 Å². The smallest absolute Gasteiger partial charge is 0.409 e. The molecular formula is C24H39N3O3. The van der Waals surface area contributed by atoms with Crippen LogP contribution in [0, 0.1) is 11.3 Å². The van der Waals surface area contributed by atoms with Crippen LogP contribution < -0.4 is 0 Å². The third-order valence-corrected chi connectivity index (χ3v) is 7.90. The van der Waals surface area contributed by atoms with E-state index in [0.29, 0.717) is 36.1 Å². The van der Waals surface area contributed by atoms with Crippen molar-refractivity contribution >= 4 is 6.09 Å². The number of carbonyl (C=O) groups is 1. The molecule has 2 heterocycles. The molecule has 1 amide bonds. The van der Waals surface area contributed by atoms with E-state index in [4.69, 9.17) is 4.74 Å². The van der Waals surface area contributed by atoms with Crippen molar-refractivity contribution in [2.75, 3.05) is 45.9 Å². The van der Waals surface area contributed by atoms with Crippen LogP contribution in [0.5, 0.6) is 0 Å². The van der Waals surface area contributed by atoms with Gasteiger partial charge in [-0.1, -0.05) is 31.2 Å². The number of carbonyl (C=O) groups excluding carboxylic acids is 1. The quantitative estimate of drug-likeness (QED) is 0.720. The van der Waals surface area contributed by atoms with Gasteiger partial charge in [0, 0.05) is 37.8 Å². The van der Waals surface area contributed by atoms with Gasteiger partial charge in [0.05, 0.1) is 13.2 Å². The molecule has 1 saturated carbocycles. The zero-order valence-corrected chi connectivity index (χ0v) is 18.7. The second-order valence-electron chi connectivity index (χ2n) is 9.78. The van der Waals surface area contributed by atoms with Gasteiger partial charge in [-0.2, -0.15) is 0 Å². The monoisotopic (exact) mass is 417 g/mol. The standard InChI is InChI=1S/C24H39N3O3/c1-3-30-23(29)26-13-10-24(18-26)16-21(17-24)25-11-8-20(9-12-25)27(14-15-28)22-7-5-4-6-19(22)2/h4-7,19-22,28H,3,8-18H2,1-2H3. The fourth-order valence-electron chi connectivity index (χ4n) is 6.23. The Labute approximate surface area is 181 Å². The lowest BCUT2D eigenvalue weighted by Crippen LogP contribution is -2.57. The molecule has 2 atom stereocenters. The maximum Gasteiger partial charge on any atom is 0.409 e. The van der Waals surface area contributed by atoms with Crippen molar-refractivity contribution in [1.82, 2.24) is 14.7 Å². The molecule has 0 aromatic rings. The summed E-state index contributed by atoms with van der Waals surface area (Å²) in [4.78, 5) is 19.2. The van der Waals surface area contributed by atoms with Crippen LogP contribution in [0.15, 0.2) is 24.3 Å². The third kappa shape index (κ3) is 4.46. The van der Waals surface area contributed by atoms with Gasteiger partial charge >= 0.3 is 6.09 Å². The van der Waals surface area contributed by atoms with E-state index in [2.05, 4.69) is 41.0 Å². The molecule has 168 valence electrons. The highest BCUT2D eigenvalue weighted by Crippen LogP contribution is 2.50. The summed E-state index contributed by atoms with van der Waals surface area (Å²) < 4.78 is 5.19. The number of piperidine rings is 1. The first-order valence-electron chi connectivity index (χ1n) is 11.9. The number of rotatable bonds is 6. The zero-order chi connectivity index (χ0) is 21.1. The number of hydrogen-bond acceptors (Lipinski definition) is 5. The van der Waals surface area contributed by atoms with E-state index < -0.39 is 0 Å². The Morgan fingerprint density at radius 2 is 1.93 bits per heavy atom. The van der Waals surface area contributed by atoms with Crippen molar-refractivity contribution < 1.29 is 14.6 Å². The summed E-state index contributed by atoms with van der Waals surface area (Å²) in [6.07, 6.45) is 14.7. The van der Waals surface area contributed by atoms with Gasteiger partial charge in [0.25, 0.3) is 0 Å². The van der Waals surface area contributed by atoms with E-state index >= 15 is 0 Å². The average molecular weight is 418 g/mol. The van der Waals surface area contributed by atoms with Crippen molar-refractivity contribution in [1.29, 1.82) is 0 Å². The first-order valence-corrected chi connectivity index (χ1v) is 11.9. The number of aliphatic hydroxyl groups excluding tert-OH is 1. The zero-order valence-electron chi connectivity index (χ0n) is 18.7. The fourth-order valence-corrected chi connectivity index (χ4v) is 6.23. The first kappa shape index (κ1) is 21.8. The number of hydrogen-bond donors (Lipinski definition) is 1. The molecular weight excluding hydrogens is 378 g/mol. The summed E-state index contributed by atoms with van der Waals surface area (Å²) in [5, 5.41) is 9.65. The van der Waals surface area contributed by atoms with Crippen molar-refractivity contribution in [3.63, 3.8) is 0 Å². The summed E-state index contributed by atoms with van der Waals surface area (Å²) in [6.45, 7) is 9.62. The predicted octanol–water partition coefficient (Wildman–Crippen LogP) is 2.89. The highest BCUT2D eigenvalue weighted by atomic mass is 16.6. The predicted molar refractivity (Wildman–Crippen MR) is 118 cm³/mol. The number of allylic oxidation sites excluding steroid dienone is 2. The molecule has 2 aliphatic carbocycles. The van der Waals surface area contributed by atoms with E-state index in [-0.39, 0.29) is 12.7 Å². The van der Waals surface area contributed by atoms with Crippen molar-refractivity contribution in [2.45, 2.75) is 64.1 Å². The molecule has 2 unspecified atom stereocenters. The lowest BCUT2D eigenvalue weighted by Gasteiger charge is -2.52. The second kappa shape index (κ2) is 9.41. The van der Waals surface area contributed by atoms with E-state index in [1.807, 2.05) is 11.8 Å². The Morgan fingerprint density at radius 1 is 1.20 bits per heavy atom. The molecule has 6 heteroatoms. The van der Waals surface area contributed by atoms with Gasteiger partial charge in [0.2, 0.25) is 0 Å². The van der Waals surface area contributed by atoms with Crippen molar-refractivity contribution in [3.05, 3.63) is 24.3 Å². The summed E-state index contributed by atoms with van der Waals surface area (Å²) in [5.74, 6) is 0.496. The molecule has 2 aliphatic heterocycles. The number of aliphatic hydroxyl groups is 1. The van der Waals surface area contributed by atoms with Gasteiger partial charge in [-0.05, 0) is 63.5 Å². The molecule has 3 fully saturated rings. The number of amides is 1. The van der Waals surface area contributed by atoms with Crippen LogP contribution in [0.3, 0.4) is 0 Å². The molecule has 30 heavy (non-hydrogen) atoms. The van der Waals surface area contributed by atoms with Crippen LogP contribution in [0.25, 0.3) is 0 Å². The summed E-state index contributed by atoms with van der Waals surface area (Å²) in [6, 6.07) is 1.63. The molecule has 0 aromatic heterocycles. The Hall–Kier alpha value is -1.37. The van der Waals surface area contributed by atoms with Gasteiger partial charge in [-0.25, -0.2) is 4.79 Å². The van der Waals surface area contributed by atoms with Crippen LogP contribution in [0.1, 0.15) is 46.0 Å². The van der Waals surface area contributed by atoms with E-state index in [1.165, 1.54) is 25.7 Å². The Balaban J connectivity index is 1.26. The minimum absolute atomic E-state index is 0.136. The highest BCUT2D eigenvalue weighted by molar-refractivity contribution is 5.68. The number of nitrogens with zero attached hydrogens (tertiary/aromatic N) is 3. The van der Waals surface area contributed by atoms with Crippen LogP contribution in [0.4, 0.5) is 4.79 Å². The number of likely N-dealkylation sites (tertiary alicyclic amines) is 2. The average Bonchev–Trinajstić information content (AvgIpc) is 3.18. The molecule has 1 N–H and O–H groups in total. The largest absolute Gasteiger partial charge is 0.450 e. The molecule has 0 aromatic carbocycles. The summed E-state index contributed by atoms with van der Waals surface area (Å²) in [7, 11) is 0. The molecule has 1 spiro atoms. The maximum atomic E-state index is 12.0. The van der Waals surface area contributed by atoms with Gasteiger partial charge < -0.3 is 19.6 Å². The van der Waals surface area contributed by atoms with Crippen LogP contribution >= 0.6 is 0 Å². The third-order valence-electron chi connectivity index (χ3n) is 7.90. The van der Waals surface area contributed by atoms with Gasteiger partial charge in [0.1, 0.15) is 0 Å². The molecule has 4 aliphatic rings. The Morgan fingerprint density at radius 3 is 2.60 bits per heavy atom. The summed E-state index contributed by atoms with van der Waals surface area (Å²) in [5.41, 5.74) is 0.339. The van der Waals surface area contributed by atoms with E-state index in [0.717, 1.165) is 39.1 Å². The molecule has 4 rings (SSSR count). The minimum atomic E-state index is -0.136. The SMILES string of the molecule is CCOC(=O)N1CCC2(CC(N3CCC(N(CCO)C4C=CC=CC4C)CC3)C2)C1. The molecule has 0 bridgehead atoms. The maximum absolute atomic E-state index is 12.0. The van der Waals surface area contributed by atoms with Gasteiger partial charge in [-0.15, -0.1) is 0 Å². The van der Waals surface area contributed by atoms with Gasteiger partial charge in [-0.3, -0.25) is 4.90 Å². The lowest BCUT2D eigenvalue weighted by molar-refractivity contribution is -0.0218. The number of ether oxygens (including phenoxy) is 1. The topological polar surface area (TPSA) is 56.2 Å². The van der Waals surface area contributed by atoms with Gasteiger partial charge in [0.15, 0.2) is 0 Å². The van der Waals surface area contributed by atoms with Crippen molar-refractivity contribution in [2.24, 2.45) is 11.3 Å². The lowest BCUT2D eigenvalue weighted by atomic mass is 9.64.